The van der Waals surface area contributed by atoms with Crippen molar-refractivity contribution < 1.29 is 14.7 Å². The van der Waals surface area contributed by atoms with Crippen LogP contribution in [0.1, 0.15) is 18.2 Å². The summed E-state index contributed by atoms with van der Waals surface area (Å²) < 4.78 is 1.72. The first-order chi connectivity index (χ1) is 8.45. The Morgan fingerprint density at radius 2 is 2.22 bits per heavy atom. The van der Waals surface area contributed by atoms with Gasteiger partial charge in [-0.15, -0.1) is 0 Å². The van der Waals surface area contributed by atoms with Gasteiger partial charge >= 0.3 is 12.0 Å². The van der Waals surface area contributed by atoms with Crippen LogP contribution in [0.5, 0.6) is 0 Å². The Labute approximate surface area is 105 Å². The molecule has 0 fully saturated rings. The number of nitrogens with one attached hydrogen (secondary N) is 1. The number of aryl methyl sites for hydroxylation is 1. The maximum absolute atomic E-state index is 11.7. The molecule has 1 heterocycles. The van der Waals surface area contributed by atoms with Gasteiger partial charge in [0.25, 0.3) is 0 Å². The van der Waals surface area contributed by atoms with Crippen LogP contribution in [-0.4, -0.2) is 44.9 Å². The molecule has 0 bridgehead atoms. The summed E-state index contributed by atoms with van der Waals surface area (Å²) in [5.74, 6) is -1.02. The first kappa shape index (κ1) is 14.0. The second-order valence-electron chi connectivity index (χ2n) is 3.95. The minimum absolute atomic E-state index is 0.297. The monoisotopic (exact) mass is 254 g/mol. The molecule has 18 heavy (non-hydrogen) atoms. The standard InChI is InChI=1S/C11H18N4O3/c1-4-15(7-10(16)17)11(18)12-5-9-6-13-14(3)8(9)2/h6H,4-5,7H2,1-3H3,(H,12,18)(H,16,17). The highest BCUT2D eigenvalue weighted by molar-refractivity contribution is 5.80. The Kier molecular flexibility index (Phi) is 4.70. The molecular formula is C11H18N4O3. The summed E-state index contributed by atoms with van der Waals surface area (Å²) >= 11 is 0. The van der Waals surface area contributed by atoms with Gasteiger partial charge in [0.05, 0.1) is 6.20 Å². The fourth-order valence-corrected chi connectivity index (χ4v) is 1.49. The number of rotatable bonds is 5. The molecule has 0 aliphatic rings. The average Bonchev–Trinajstić information content (AvgIpc) is 2.64. The van der Waals surface area contributed by atoms with E-state index in [9.17, 15) is 9.59 Å². The van der Waals surface area contributed by atoms with Crippen LogP contribution in [0.3, 0.4) is 0 Å². The number of carboxylic acids is 1. The molecule has 0 saturated heterocycles. The summed E-state index contributed by atoms with van der Waals surface area (Å²) in [4.78, 5) is 23.5. The van der Waals surface area contributed by atoms with E-state index in [-0.39, 0.29) is 12.6 Å². The van der Waals surface area contributed by atoms with Crippen LogP contribution >= 0.6 is 0 Å². The molecule has 0 aliphatic carbocycles. The van der Waals surface area contributed by atoms with Crippen molar-refractivity contribution >= 4 is 12.0 Å². The number of hydrogen-bond acceptors (Lipinski definition) is 3. The van der Waals surface area contributed by atoms with Crippen molar-refractivity contribution in [1.82, 2.24) is 20.0 Å². The van der Waals surface area contributed by atoms with E-state index < -0.39 is 5.97 Å². The molecule has 1 aromatic heterocycles. The molecule has 1 rings (SSSR count). The third kappa shape index (κ3) is 3.47. The lowest BCUT2D eigenvalue weighted by atomic mass is 10.2. The Bertz CT molecular complexity index is 441. The molecular weight excluding hydrogens is 236 g/mol. The normalized spacial score (nSPS) is 10.2. The van der Waals surface area contributed by atoms with E-state index in [0.29, 0.717) is 13.1 Å². The van der Waals surface area contributed by atoms with Crippen LogP contribution in [0.25, 0.3) is 0 Å². The van der Waals surface area contributed by atoms with Crippen LogP contribution in [0.4, 0.5) is 4.79 Å². The summed E-state index contributed by atoms with van der Waals surface area (Å²) in [5, 5.41) is 15.4. The number of carboxylic acid groups (broad SMARTS) is 1. The third-order valence-corrected chi connectivity index (χ3v) is 2.76. The Balaban J connectivity index is 2.54. The summed E-state index contributed by atoms with van der Waals surface area (Å²) in [6, 6.07) is -0.386. The maximum Gasteiger partial charge on any atom is 0.323 e. The van der Waals surface area contributed by atoms with Crippen LogP contribution in [0.2, 0.25) is 0 Å². The van der Waals surface area contributed by atoms with Gasteiger partial charge in [-0.3, -0.25) is 9.48 Å². The third-order valence-electron chi connectivity index (χ3n) is 2.76. The van der Waals surface area contributed by atoms with Crippen molar-refractivity contribution in [2.45, 2.75) is 20.4 Å². The van der Waals surface area contributed by atoms with Gasteiger partial charge in [0.2, 0.25) is 0 Å². The van der Waals surface area contributed by atoms with E-state index in [1.807, 2.05) is 14.0 Å². The number of carbonyl (C=O) groups is 2. The molecule has 1 aromatic rings. The first-order valence-corrected chi connectivity index (χ1v) is 5.67. The second kappa shape index (κ2) is 6.04. The second-order valence-corrected chi connectivity index (χ2v) is 3.95. The van der Waals surface area contributed by atoms with E-state index in [1.165, 1.54) is 4.90 Å². The van der Waals surface area contributed by atoms with Crippen LogP contribution < -0.4 is 5.32 Å². The highest BCUT2D eigenvalue weighted by atomic mass is 16.4. The van der Waals surface area contributed by atoms with Crippen molar-refractivity contribution in [3.63, 3.8) is 0 Å². The summed E-state index contributed by atoms with van der Waals surface area (Å²) in [6.45, 7) is 4.04. The quantitative estimate of drug-likeness (QED) is 0.793. The summed E-state index contributed by atoms with van der Waals surface area (Å²) in [5.41, 5.74) is 1.88. The van der Waals surface area contributed by atoms with Gasteiger partial charge in [-0.25, -0.2) is 4.79 Å². The molecule has 7 nitrogen and oxygen atoms in total. The molecule has 0 spiro atoms. The van der Waals surface area contributed by atoms with Crippen LogP contribution in [0.15, 0.2) is 6.20 Å². The molecule has 0 atom stereocenters. The number of nitrogens with zero attached hydrogens (tertiary/aromatic N) is 3. The van der Waals surface area contributed by atoms with E-state index in [2.05, 4.69) is 10.4 Å². The molecule has 0 radical (unpaired) electrons. The lowest BCUT2D eigenvalue weighted by molar-refractivity contribution is -0.137. The largest absolute Gasteiger partial charge is 0.480 e. The number of amides is 2. The summed E-state index contributed by atoms with van der Waals surface area (Å²) in [7, 11) is 1.82. The van der Waals surface area contributed by atoms with E-state index >= 15 is 0 Å². The number of likely N-dealkylation sites (N-methyl/N-ethyl adjacent to an activating group) is 1. The summed E-state index contributed by atoms with van der Waals surface area (Å²) in [6.07, 6.45) is 1.68. The smallest absolute Gasteiger partial charge is 0.323 e. The van der Waals surface area contributed by atoms with Crippen molar-refractivity contribution in [3.8, 4) is 0 Å². The van der Waals surface area contributed by atoms with E-state index in [4.69, 9.17) is 5.11 Å². The number of aromatic nitrogens is 2. The molecule has 7 heteroatoms. The Hall–Kier alpha value is -2.05. The van der Waals surface area contributed by atoms with Gasteiger partial charge in [-0.2, -0.15) is 5.10 Å². The van der Waals surface area contributed by atoms with Crippen molar-refractivity contribution in [2.24, 2.45) is 7.05 Å². The topological polar surface area (TPSA) is 87.5 Å². The molecule has 0 aromatic carbocycles. The highest BCUT2D eigenvalue weighted by Crippen LogP contribution is 2.04. The zero-order chi connectivity index (χ0) is 13.7. The molecule has 0 aliphatic heterocycles. The van der Waals surface area contributed by atoms with Gasteiger partial charge in [-0.1, -0.05) is 0 Å². The Morgan fingerprint density at radius 3 is 2.67 bits per heavy atom. The average molecular weight is 254 g/mol. The van der Waals surface area contributed by atoms with Gasteiger partial charge in [0, 0.05) is 31.4 Å². The minimum Gasteiger partial charge on any atom is -0.480 e. The fraction of sp³-hybridized carbons (Fsp3) is 0.545. The van der Waals surface area contributed by atoms with Gasteiger partial charge in [0.1, 0.15) is 6.54 Å². The Morgan fingerprint density at radius 1 is 1.56 bits per heavy atom. The lowest BCUT2D eigenvalue weighted by Gasteiger charge is -2.19. The zero-order valence-electron chi connectivity index (χ0n) is 10.8. The molecule has 0 unspecified atom stereocenters. The van der Waals surface area contributed by atoms with Gasteiger partial charge in [0.15, 0.2) is 0 Å². The fourth-order valence-electron chi connectivity index (χ4n) is 1.49. The van der Waals surface area contributed by atoms with E-state index in [0.717, 1.165) is 11.3 Å². The van der Waals surface area contributed by atoms with Crippen molar-refractivity contribution in [2.75, 3.05) is 13.1 Å². The lowest BCUT2D eigenvalue weighted by Crippen LogP contribution is -2.42. The maximum atomic E-state index is 11.7. The SMILES string of the molecule is CCN(CC(=O)O)C(=O)NCc1cnn(C)c1C. The molecule has 2 N–H and O–H groups in total. The predicted molar refractivity (Wildman–Crippen MR) is 65.1 cm³/mol. The van der Waals surface area contributed by atoms with Gasteiger partial charge < -0.3 is 15.3 Å². The van der Waals surface area contributed by atoms with E-state index in [1.54, 1.807) is 17.8 Å². The number of urea groups is 1. The zero-order valence-corrected chi connectivity index (χ0v) is 10.8. The molecule has 100 valence electrons. The number of carbonyl (C=O) groups excluding carboxylic acids is 1. The minimum atomic E-state index is -1.02. The molecule has 2 amide bonds. The van der Waals surface area contributed by atoms with Crippen LogP contribution in [-0.2, 0) is 18.4 Å². The number of aliphatic carboxylic acids is 1. The van der Waals surface area contributed by atoms with Crippen molar-refractivity contribution in [1.29, 1.82) is 0 Å². The predicted octanol–water partition coefficient (Wildman–Crippen LogP) is 0.345. The highest BCUT2D eigenvalue weighted by Gasteiger charge is 2.15. The number of hydrogen-bond donors (Lipinski definition) is 2. The first-order valence-electron chi connectivity index (χ1n) is 5.67. The molecule has 0 saturated carbocycles. The van der Waals surface area contributed by atoms with Gasteiger partial charge in [-0.05, 0) is 13.8 Å². The van der Waals surface area contributed by atoms with Crippen LogP contribution in [0, 0.1) is 6.92 Å². The van der Waals surface area contributed by atoms with Crippen molar-refractivity contribution in [3.05, 3.63) is 17.5 Å².